The highest BCUT2D eigenvalue weighted by Gasteiger charge is 2.00. The maximum atomic E-state index is 10.6. The zero-order valence-corrected chi connectivity index (χ0v) is 16.9. The first-order valence-corrected chi connectivity index (χ1v) is 10.4. The van der Waals surface area contributed by atoms with Crippen LogP contribution in [-0.2, 0) is 17.6 Å². The molecule has 0 aromatic heterocycles. The van der Waals surface area contributed by atoms with Gasteiger partial charge in [-0.05, 0) is 67.0 Å². The maximum Gasteiger partial charge on any atom is 0.303 e. The van der Waals surface area contributed by atoms with E-state index in [1.807, 2.05) is 24.3 Å². The van der Waals surface area contributed by atoms with Crippen molar-refractivity contribution in [3.05, 3.63) is 71.3 Å². The highest BCUT2D eigenvalue weighted by molar-refractivity contribution is 5.66. The van der Waals surface area contributed by atoms with E-state index >= 15 is 0 Å². The van der Waals surface area contributed by atoms with E-state index in [0.29, 0.717) is 13.0 Å². The van der Waals surface area contributed by atoms with Crippen LogP contribution >= 0.6 is 0 Å². The summed E-state index contributed by atoms with van der Waals surface area (Å²) in [6, 6.07) is 16.8. The molecule has 3 nitrogen and oxygen atoms in total. The van der Waals surface area contributed by atoms with Gasteiger partial charge >= 0.3 is 5.97 Å². The molecule has 0 aliphatic heterocycles. The van der Waals surface area contributed by atoms with E-state index in [4.69, 9.17) is 9.84 Å². The van der Waals surface area contributed by atoms with Gasteiger partial charge in [-0.25, -0.2) is 0 Å². The molecule has 0 aliphatic carbocycles. The molecule has 2 aromatic carbocycles. The molecule has 0 amide bonds. The fourth-order valence-corrected chi connectivity index (χ4v) is 3.10. The van der Waals surface area contributed by atoms with Gasteiger partial charge < -0.3 is 9.84 Å². The Morgan fingerprint density at radius 3 is 2.46 bits per heavy atom. The van der Waals surface area contributed by atoms with Crippen molar-refractivity contribution >= 4 is 12.0 Å². The highest BCUT2D eigenvalue weighted by atomic mass is 16.5. The molecule has 0 bridgehead atoms. The Balaban J connectivity index is 1.73. The standard InChI is InChI=1S/C25H32O3/c1-2-3-4-9-21-15-17-22(18-16-21)12-8-19-28-24-13-7-11-23(20-24)10-5-6-14-25(26)27/h7-8,11-13,15-18,20H,2-6,9-10,14,19H2,1H3,(H,26,27)/b12-8+. The highest BCUT2D eigenvalue weighted by Crippen LogP contribution is 2.16. The number of benzene rings is 2. The predicted molar refractivity (Wildman–Crippen MR) is 116 cm³/mol. The van der Waals surface area contributed by atoms with Crippen molar-refractivity contribution in [1.82, 2.24) is 0 Å². The number of unbranched alkanes of at least 4 members (excludes halogenated alkanes) is 3. The summed E-state index contributed by atoms with van der Waals surface area (Å²) in [5, 5.41) is 8.69. The zero-order valence-electron chi connectivity index (χ0n) is 16.9. The Labute approximate surface area is 169 Å². The van der Waals surface area contributed by atoms with Gasteiger partial charge in [0.2, 0.25) is 0 Å². The molecule has 2 aromatic rings. The Morgan fingerprint density at radius 1 is 0.964 bits per heavy atom. The first-order valence-electron chi connectivity index (χ1n) is 10.4. The second-order valence-electron chi connectivity index (χ2n) is 7.16. The smallest absolute Gasteiger partial charge is 0.303 e. The first kappa shape index (κ1) is 21.7. The van der Waals surface area contributed by atoms with Crippen LogP contribution in [0.3, 0.4) is 0 Å². The average molecular weight is 381 g/mol. The minimum atomic E-state index is -0.727. The SMILES string of the molecule is CCCCCc1ccc(/C=C/COc2cccc(CCCCC(=O)O)c2)cc1. The van der Waals surface area contributed by atoms with E-state index in [1.54, 1.807) is 0 Å². The second-order valence-corrected chi connectivity index (χ2v) is 7.16. The van der Waals surface area contributed by atoms with Gasteiger partial charge in [0.1, 0.15) is 12.4 Å². The van der Waals surface area contributed by atoms with Crippen LogP contribution in [0.5, 0.6) is 5.75 Å². The number of carbonyl (C=O) groups is 1. The number of rotatable bonds is 13. The van der Waals surface area contributed by atoms with Gasteiger partial charge in [0, 0.05) is 6.42 Å². The molecular weight excluding hydrogens is 348 g/mol. The molecule has 3 heteroatoms. The molecule has 0 saturated carbocycles. The molecule has 0 fully saturated rings. The van der Waals surface area contributed by atoms with Crippen LogP contribution in [0.1, 0.15) is 62.1 Å². The molecule has 28 heavy (non-hydrogen) atoms. The third-order valence-electron chi connectivity index (χ3n) is 4.71. The summed E-state index contributed by atoms with van der Waals surface area (Å²) >= 11 is 0. The minimum absolute atomic E-state index is 0.237. The van der Waals surface area contributed by atoms with E-state index in [0.717, 1.165) is 25.0 Å². The van der Waals surface area contributed by atoms with Crippen molar-refractivity contribution in [2.24, 2.45) is 0 Å². The lowest BCUT2D eigenvalue weighted by molar-refractivity contribution is -0.137. The third kappa shape index (κ3) is 8.90. The van der Waals surface area contributed by atoms with E-state index in [9.17, 15) is 4.79 Å². The number of ether oxygens (including phenoxy) is 1. The largest absolute Gasteiger partial charge is 0.490 e. The molecule has 0 saturated heterocycles. The van der Waals surface area contributed by atoms with Crippen molar-refractivity contribution in [2.75, 3.05) is 6.61 Å². The summed E-state index contributed by atoms with van der Waals surface area (Å²) in [7, 11) is 0. The van der Waals surface area contributed by atoms with Crippen LogP contribution in [0.2, 0.25) is 0 Å². The summed E-state index contributed by atoms with van der Waals surface area (Å²) in [5.41, 5.74) is 3.78. The molecule has 150 valence electrons. The Kier molecular flexibility index (Phi) is 9.92. The normalized spacial score (nSPS) is 11.0. The molecule has 0 aliphatic rings. The molecule has 0 heterocycles. The Morgan fingerprint density at radius 2 is 1.71 bits per heavy atom. The van der Waals surface area contributed by atoms with Crippen molar-refractivity contribution in [2.45, 2.75) is 58.3 Å². The molecule has 1 N–H and O–H groups in total. The van der Waals surface area contributed by atoms with Crippen molar-refractivity contribution in [1.29, 1.82) is 0 Å². The lowest BCUT2D eigenvalue weighted by atomic mass is 10.1. The number of aryl methyl sites for hydroxylation is 2. The van der Waals surface area contributed by atoms with Crippen molar-refractivity contribution in [3.63, 3.8) is 0 Å². The van der Waals surface area contributed by atoms with Crippen LogP contribution in [0.25, 0.3) is 6.08 Å². The second kappa shape index (κ2) is 12.8. The maximum absolute atomic E-state index is 10.6. The fraction of sp³-hybridized carbons (Fsp3) is 0.400. The van der Waals surface area contributed by atoms with E-state index < -0.39 is 5.97 Å². The van der Waals surface area contributed by atoms with Gasteiger partial charge in [-0.1, -0.05) is 62.2 Å². The Bertz CT molecular complexity index is 732. The number of carboxylic acid groups (broad SMARTS) is 1. The van der Waals surface area contributed by atoms with Gasteiger partial charge in [-0.3, -0.25) is 4.79 Å². The minimum Gasteiger partial charge on any atom is -0.490 e. The Hall–Kier alpha value is -2.55. The van der Waals surface area contributed by atoms with E-state index in [2.05, 4.69) is 43.3 Å². The molecule has 0 radical (unpaired) electrons. The number of carboxylic acids is 1. The summed E-state index contributed by atoms with van der Waals surface area (Å²) < 4.78 is 5.82. The molecule has 0 unspecified atom stereocenters. The molecule has 0 spiro atoms. The van der Waals surface area contributed by atoms with Crippen molar-refractivity contribution in [3.8, 4) is 5.75 Å². The van der Waals surface area contributed by atoms with Crippen LogP contribution in [0.15, 0.2) is 54.6 Å². The zero-order chi connectivity index (χ0) is 20.0. The quantitative estimate of drug-likeness (QED) is 0.414. The van der Waals surface area contributed by atoms with Crippen LogP contribution in [0.4, 0.5) is 0 Å². The van der Waals surface area contributed by atoms with Gasteiger partial charge in [0.25, 0.3) is 0 Å². The number of hydrogen-bond acceptors (Lipinski definition) is 2. The molecule has 0 atom stereocenters. The number of hydrogen-bond donors (Lipinski definition) is 1. The summed E-state index contributed by atoms with van der Waals surface area (Å²) in [4.78, 5) is 10.6. The first-order chi connectivity index (χ1) is 13.7. The average Bonchev–Trinajstić information content (AvgIpc) is 2.70. The third-order valence-corrected chi connectivity index (χ3v) is 4.71. The van der Waals surface area contributed by atoms with Gasteiger partial charge in [-0.15, -0.1) is 0 Å². The van der Waals surface area contributed by atoms with Crippen LogP contribution < -0.4 is 4.74 Å². The summed E-state index contributed by atoms with van der Waals surface area (Å²) in [6.07, 6.45) is 11.8. The van der Waals surface area contributed by atoms with Gasteiger partial charge in [0.15, 0.2) is 0 Å². The van der Waals surface area contributed by atoms with Crippen LogP contribution in [0, 0.1) is 0 Å². The molecular formula is C25H32O3. The topological polar surface area (TPSA) is 46.5 Å². The van der Waals surface area contributed by atoms with Gasteiger partial charge in [-0.2, -0.15) is 0 Å². The van der Waals surface area contributed by atoms with Gasteiger partial charge in [0.05, 0.1) is 0 Å². The monoisotopic (exact) mass is 380 g/mol. The molecule has 2 rings (SSSR count). The van der Waals surface area contributed by atoms with E-state index in [-0.39, 0.29) is 6.42 Å². The van der Waals surface area contributed by atoms with E-state index in [1.165, 1.54) is 36.0 Å². The van der Waals surface area contributed by atoms with Crippen LogP contribution in [-0.4, -0.2) is 17.7 Å². The fourth-order valence-electron chi connectivity index (χ4n) is 3.10. The lowest BCUT2D eigenvalue weighted by Crippen LogP contribution is -1.96. The summed E-state index contributed by atoms with van der Waals surface area (Å²) in [5.74, 6) is 0.127. The van der Waals surface area contributed by atoms with Crippen molar-refractivity contribution < 1.29 is 14.6 Å². The predicted octanol–water partition coefficient (Wildman–Crippen LogP) is 6.31. The summed E-state index contributed by atoms with van der Waals surface area (Å²) in [6.45, 7) is 2.76. The number of aliphatic carboxylic acids is 1. The lowest BCUT2D eigenvalue weighted by Gasteiger charge is -2.06.